The Morgan fingerprint density at radius 1 is 1.20 bits per heavy atom. The van der Waals surface area contributed by atoms with Gasteiger partial charge in [-0.1, -0.05) is 43.3 Å². The SMILES string of the molecule is C=CCO.CCCNCCC(Cc1ccccc1)NC(=O)c1cc(C(=O)N2CCCC2c2nc(C)cs2)cc(-c2ncco2)c1. The second-order valence-corrected chi connectivity index (χ2v) is 11.9. The molecule has 0 aliphatic carbocycles. The number of aliphatic hydroxyl groups excluding tert-OH is 1. The van der Waals surface area contributed by atoms with Crippen molar-refractivity contribution in [3.63, 3.8) is 0 Å². The van der Waals surface area contributed by atoms with Crippen LogP contribution >= 0.6 is 11.3 Å². The third-order valence-electron chi connectivity index (χ3n) is 7.44. The van der Waals surface area contributed by atoms with Gasteiger partial charge in [0.1, 0.15) is 11.3 Å². The summed E-state index contributed by atoms with van der Waals surface area (Å²) < 4.78 is 5.56. The number of aliphatic hydroxyl groups is 1. The highest BCUT2D eigenvalue weighted by Gasteiger charge is 2.33. The van der Waals surface area contributed by atoms with Gasteiger partial charge in [0.25, 0.3) is 11.8 Å². The molecule has 3 heterocycles. The van der Waals surface area contributed by atoms with Crippen molar-refractivity contribution in [3.05, 3.63) is 106 Å². The van der Waals surface area contributed by atoms with Gasteiger partial charge in [0.2, 0.25) is 5.89 Å². The van der Waals surface area contributed by atoms with Crippen molar-refractivity contribution in [2.45, 2.75) is 58.0 Å². The number of rotatable bonds is 13. The molecule has 0 bridgehead atoms. The molecule has 1 fully saturated rings. The zero-order chi connectivity index (χ0) is 32.0. The number of oxazole rings is 1. The first-order valence-electron chi connectivity index (χ1n) is 15.5. The average molecular weight is 630 g/mol. The van der Waals surface area contributed by atoms with Crippen LogP contribution < -0.4 is 10.6 Å². The van der Waals surface area contributed by atoms with Crippen molar-refractivity contribution in [3.8, 4) is 11.5 Å². The fourth-order valence-corrected chi connectivity index (χ4v) is 6.24. The average Bonchev–Trinajstić information content (AvgIpc) is 3.86. The van der Waals surface area contributed by atoms with Gasteiger partial charge in [-0.25, -0.2) is 9.97 Å². The molecule has 2 unspecified atom stereocenters. The van der Waals surface area contributed by atoms with Crippen molar-refractivity contribution >= 4 is 23.2 Å². The van der Waals surface area contributed by atoms with E-state index >= 15 is 0 Å². The topological polar surface area (TPSA) is 121 Å². The number of nitrogens with zero attached hydrogens (tertiary/aromatic N) is 3. The Morgan fingerprint density at radius 3 is 2.64 bits per heavy atom. The number of thiazole rings is 1. The zero-order valence-corrected chi connectivity index (χ0v) is 26.9. The maximum absolute atomic E-state index is 13.9. The number of nitrogens with one attached hydrogen (secondary N) is 2. The molecule has 4 aromatic rings. The lowest BCUT2D eigenvalue weighted by atomic mass is 10.0. The molecule has 1 aliphatic heterocycles. The minimum Gasteiger partial charge on any atom is -0.445 e. The lowest BCUT2D eigenvalue weighted by molar-refractivity contribution is 0.0735. The Labute approximate surface area is 269 Å². The van der Waals surface area contributed by atoms with Gasteiger partial charge in [0.15, 0.2) is 0 Å². The number of aryl methyl sites for hydroxylation is 1. The largest absolute Gasteiger partial charge is 0.445 e. The van der Waals surface area contributed by atoms with Crippen LogP contribution in [0.25, 0.3) is 11.5 Å². The third kappa shape index (κ3) is 9.68. The van der Waals surface area contributed by atoms with E-state index in [0.29, 0.717) is 35.5 Å². The standard InChI is InChI=1S/C32H37N5O3S.C3H6O/c1-3-12-33-13-11-27(17-23-8-5-4-6-9-23)36-29(38)24-18-25(30-34-14-16-40-30)20-26(19-24)32(39)37-15-7-10-28(37)31-35-22(2)21-41-31;1-2-3-4/h4-6,8-9,14,16,18-21,27-28,33H,3,7,10-13,15,17H2,1-2H3,(H,36,38);2,4H,1,3H2. The maximum Gasteiger partial charge on any atom is 0.254 e. The summed E-state index contributed by atoms with van der Waals surface area (Å²) >= 11 is 1.59. The number of benzene rings is 2. The summed E-state index contributed by atoms with van der Waals surface area (Å²) in [4.78, 5) is 38.5. The molecular weight excluding hydrogens is 586 g/mol. The van der Waals surface area contributed by atoms with Gasteiger partial charge in [0, 0.05) is 40.4 Å². The monoisotopic (exact) mass is 629 g/mol. The first kappa shape index (κ1) is 33.8. The van der Waals surface area contributed by atoms with E-state index in [-0.39, 0.29) is 30.5 Å². The first-order valence-corrected chi connectivity index (χ1v) is 16.4. The highest BCUT2D eigenvalue weighted by atomic mass is 32.1. The van der Waals surface area contributed by atoms with Crippen LogP contribution in [0.15, 0.2) is 83.4 Å². The molecule has 45 heavy (non-hydrogen) atoms. The highest BCUT2D eigenvalue weighted by Crippen LogP contribution is 2.35. The van der Waals surface area contributed by atoms with Gasteiger partial charge in [0.05, 0.1) is 18.8 Å². The summed E-state index contributed by atoms with van der Waals surface area (Å²) in [6, 6.07) is 15.3. The normalized spacial score (nSPS) is 14.8. The zero-order valence-electron chi connectivity index (χ0n) is 26.1. The molecule has 1 aliphatic rings. The minimum atomic E-state index is -0.225. The summed E-state index contributed by atoms with van der Waals surface area (Å²) in [6.07, 6.45) is 8.82. The van der Waals surface area contributed by atoms with Crippen molar-refractivity contribution in [1.29, 1.82) is 0 Å². The van der Waals surface area contributed by atoms with Crippen LogP contribution in [0.4, 0.5) is 0 Å². The van der Waals surface area contributed by atoms with E-state index in [1.54, 1.807) is 35.7 Å². The van der Waals surface area contributed by atoms with Crippen LogP contribution in [0.2, 0.25) is 0 Å². The predicted octanol–water partition coefficient (Wildman–Crippen LogP) is 5.98. The first-order chi connectivity index (χ1) is 21.9. The van der Waals surface area contributed by atoms with Gasteiger partial charge in [-0.15, -0.1) is 17.9 Å². The summed E-state index contributed by atoms with van der Waals surface area (Å²) in [5.41, 5.74) is 3.56. The molecule has 3 N–H and O–H groups in total. The van der Waals surface area contributed by atoms with E-state index in [0.717, 1.165) is 55.0 Å². The molecule has 9 nitrogen and oxygen atoms in total. The number of likely N-dealkylation sites (tertiary alicyclic amines) is 1. The maximum atomic E-state index is 13.9. The van der Waals surface area contributed by atoms with E-state index in [2.05, 4.69) is 46.2 Å². The molecule has 0 radical (unpaired) electrons. The van der Waals surface area contributed by atoms with Gasteiger partial charge in [-0.05, 0) is 75.9 Å². The van der Waals surface area contributed by atoms with Crippen LogP contribution in [-0.4, -0.2) is 64.1 Å². The van der Waals surface area contributed by atoms with Crippen molar-refractivity contribution in [2.24, 2.45) is 0 Å². The summed E-state index contributed by atoms with van der Waals surface area (Å²) in [5, 5.41) is 17.4. The second-order valence-electron chi connectivity index (χ2n) is 11.0. The quantitative estimate of drug-likeness (QED) is 0.123. The third-order valence-corrected chi connectivity index (χ3v) is 8.51. The van der Waals surface area contributed by atoms with Crippen LogP contribution in [0.5, 0.6) is 0 Å². The molecule has 2 aromatic heterocycles. The Balaban J connectivity index is 0.00000109. The van der Waals surface area contributed by atoms with Gasteiger partial charge >= 0.3 is 0 Å². The minimum absolute atomic E-state index is 0.0604. The van der Waals surface area contributed by atoms with E-state index in [1.807, 2.05) is 35.4 Å². The second kappa shape index (κ2) is 17.4. The van der Waals surface area contributed by atoms with Gasteiger partial charge in [-0.2, -0.15) is 0 Å². The van der Waals surface area contributed by atoms with Crippen LogP contribution in [0.1, 0.15) is 75.6 Å². The van der Waals surface area contributed by atoms with E-state index < -0.39 is 0 Å². The molecule has 5 rings (SSSR count). The molecule has 10 heteroatoms. The summed E-state index contributed by atoms with van der Waals surface area (Å²) in [7, 11) is 0. The van der Waals surface area contributed by atoms with Crippen molar-refractivity contribution < 1.29 is 19.1 Å². The van der Waals surface area contributed by atoms with Crippen LogP contribution in [-0.2, 0) is 6.42 Å². The van der Waals surface area contributed by atoms with Crippen molar-refractivity contribution in [2.75, 3.05) is 26.2 Å². The molecule has 2 atom stereocenters. The number of aromatic nitrogens is 2. The van der Waals surface area contributed by atoms with Crippen LogP contribution in [0.3, 0.4) is 0 Å². The Hall–Kier alpha value is -4.12. The lowest BCUT2D eigenvalue weighted by Gasteiger charge is -2.24. The number of carbonyl (C=O) groups excluding carboxylic acids is 2. The summed E-state index contributed by atoms with van der Waals surface area (Å²) in [6.45, 7) is 9.81. The fraction of sp³-hybridized carbons (Fsp3) is 0.371. The molecule has 0 saturated carbocycles. The number of amides is 2. The lowest BCUT2D eigenvalue weighted by Crippen LogP contribution is -2.39. The smallest absolute Gasteiger partial charge is 0.254 e. The predicted molar refractivity (Wildman–Crippen MR) is 178 cm³/mol. The number of hydrogen-bond donors (Lipinski definition) is 3. The Kier molecular flexibility index (Phi) is 13.0. The molecule has 238 valence electrons. The number of hydrogen-bond acceptors (Lipinski definition) is 8. The Bertz CT molecular complexity index is 1510. The van der Waals surface area contributed by atoms with E-state index in [1.165, 1.54) is 12.3 Å². The number of carbonyl (C=O) groups is 2. The fourth-order valence-electron chi connectivity index (χ4n) is 5.30. The van der Waals surface area contributed by atoms with E-state index in [4.69, 9.17) is 9.52 Å². The van der Waals surface area contributed by atoms with Gasteiger partial charge < -0.3 is 25.1 Å². The van der Waals surface area contributed by atoms with Gasteiger partial charge in [-0.3, -0.25) is 9.59 Å². The molecule has 0 spiro atoms. The molecule has 2 aromatic carbocycles. The highest BCUT2D eigenvalue weighted by molar-refractivity contribution is 7.09. The summed E-state index contributed by atoms with van der Waals surface area (Å²) in [5.74, 6) is 0.0247. The molecule has 1 saturated heterocycles. The van der Waals surface area contributed by atoms with Crippen molar-refractivity contribution in [1.82, 2.24) is 25.5 Å². The van der Waals surface area contributed by atoms with Crippen LogP contribution in [0, 0.1) is 6.92 Å². The van der Waals surface area contributed by atoms with E-state index in [9.17, 15) is 9.59 Å². The Morgan fingerprint density at radius 2 is 1.98 bits per heavy atom. The molecule has 2 amide bonds. The molecular formula is C35H43N5O4S.